The number of aromatic nitrogens is 6. The minimum absolute atomic E-state index is 0.143. The van der Waals surface area contributed by atoms with Crippen LogP contribution in [0.3, 0.4) is 0 Å². The second-order valence-corrected chi connectivity index (χ2v) is 40.3. The zero-order valence-corrected chi connectivity index (χ0v) is 88.8. The van der Waals surface area contributed by atoms with Gasteiger partial charge in [0.2, 0.25) is 0 Å². The number of benzene rings is 5. The Bertz CT molecular complexity index is 6970. The highest BCUT2D eigenvalue weighted by Gasteiger charge is 2.48. The lowest BCUT2D eigenvalue weighted by atomic mass is 9.93. The monoisotopic (exact) mass is 2310 g/mol. The smallest absolute Gasteiger partial charge is 0.410 e. The van der Waals surface area contributed by atoms with Crippen LogP contribution in [0.5, 0.6) is 0 Å². The Kier molecular flexibility index (Phi) is 35.3. The molecule has 10 aliphatic heterocycles. The number of alkyl halides is 2. The molecular weight excluding hydrogens is 2220 g/mol. The topological polar surface area (TPSA) is 318 Å². The maximum Gasteiger partial charge on any atom is 0.410 e. The highest BCUT2D eigenvalue weighted by atomic mass is 79.9. The molecule has 0 N–H and O–H groups in total. The van der Waals surface area contributed by atoms with E-state index in [2.05, 4.69) is 77.6 Å². The molecule has 0 bridgehead atoms. The van der Waals surface area contributed by atoms with E-state index in [0.29, 0.717) is 134 Å². The summed E-state index contributed by atoms with van der Waals surface area (Å²) in [6, 6.07) is 17.4. The molecule has 46 heteroatoms. The maximum absolute atomic E-state index is 13.8. The van der Waals surface area contributed by atoms with E-state index in [-0.39, 0.29) is 61.2 Å². The molecule has 5 aromatic carbocycles. The van der Waals surface area contributed by atoms with Gasteiger partial charge in [-0.1, -0.05) is 101 Å². The van der Waals surface area contributed by atoms with Crippen molar-refractivity contribution >= 4 is 181 Å². The SMILES string of the molecule is CCOC(=O)C1=C2CCCN2C(c2nc(C)cs2)=NC1c1ccc(F)cc1Cl.CCOC(=O)C1=C2CCCN2C(c2nccn2C)=NC1c1ccc(F)cc1Cl.CCOC(=O)C1=C2CN(C(=O)OCC)CCN2C(c2nccs2)=N[C@H]1c1ccc(F)cc1Br.COCOC(=O)C1=C2CCCN2C(c2nccs2)=NC1c1ccc(F)cc1Br.O=C(OCC(F)F)C1=C2CCCN2C(c2nccs2)=NC1c1ccc(F)cc1Br. The molecule has 146 heavy (non-hydrogen) atoms. The third-order valence-electron chi connectivity index (χ3n) is 24.3. The minimum Gasteiger partial charge on any atom is -0.463 e. The standard InChI is InChI=1S/C22H22BrFN4O4S.C20H20ClFN4O2.C20H19ClFN3O2S.C19H15BrF3N3O2S.C19H17BrFN3O3S/c1-3-31-21(29)17-16-12-27(22(30)32-4-2)8-9-28(16)19(20-25-7-10-33-20)26-18(17)14-6-5-13(24)11-15(14)23;1-3-28-20(27)16-15-5-4-9-26(15)19(18-23-8-10-25(18)2)24-17(16)13-7-6-12(22)11-14(13)21;1-3-27-20(26)16-15-5-4-8-25(15)18(19-23-11(2)10-28-19)24-17(16)13-7-6-12(22)9-14(13)21;20-12-8-10(21)3-4-11(12)16-15(19(27)28-9-14(22)23)13-2-1-6-26(13)17(25-16)18-24-5-7-29-18;1-26-10-27-19(25)15-14-3-2-7-24(14)17(18-22-6-8-28-18)23-16(15)12-5-4-11(21)9-13(12)20/h5-7,10-11,18H,3-4,8-9,12H2,1-2H3;6-8,10-11,17H,3-5,9H2,1-2H3;6-7,9-10,17H,3-5,8H2,1-2H3;3-5,7-8,14,16H,1-2,6,9H2;4-6,8-9,16H,2-3,7,10H2,1H3/t18-;;;;/m0..../s1. The normalized spacial score (nSPS) is 18.7. The van der Waals surface area contributed by atoms with Gasteiger partial charge in [0.05, 0.1) is 66.5 Å². The van der Waals surface area contributed by atoms with Crippen LogP contribution in [0.4, 0.5) is 35.5 Å². The van der Waals surface area contributed by atoms with Crippen molar-refractivity contribution in [3.63, 3.8) is 0 Å². The number of aliphatic imine (C=N–C) groups is 5. The molecule has 5 fully saturated rings. The Labute approximate surface area is 885 Å². The van der Waals surface area contributed by atoms with E-state index < -0.39 is 102 Å². The van der Waals surface area contributed by atoms with Crippen LogP contribution in [-0.2, 0) is 64.2 Å². The van der Waals surface area contributed by atoms with Crippen molar-refractivity contribution in [2.75, 3.05) is 92.8 Å². The van der Waals surface area contributed by atoms with Crippen molar-refractivity contribution in [1.82, 2.24) is 58.9 Å². The first-order valence-electron chi connectivity index (χ1n) is 46.3. The summed E-state index contributed by atoms with van der Waals surface area (Å²) in [7, 11) is 3.35. The Morgan fingerprint density at radius 1 is 0.418 bits per heavy atom. The number of ether oxygens (including phenoxy) is 7. The lowest BCUT2D eigenvalue weighted by Gasteiger charge is -2.42. The van der Waals surface area contributed by atoms with Gasteiger partial charge in [-0.25, -0.2) is 84.4 Å². The summed E-state index contributed by atoms with van der Waals surface area (Å²) in [6.45, 7) is 12.6. The molecule has 20 rings (SSSR count). The fraction of sp³-hybridized carbons (Fsp3) is 0.340. The maximum atomic E-state index is 13.8. The van der Waals surface area contributed by atoms with Gasteiger partial charge in [-0.3, -0.25) is 25.0 Å². The number of nitrogens with zero attached hydrogens (tertiary/aromatic N) is 17. The van der Waals surface area contributed by atoms with Crippen LogP contribution in [0.15, 0.2) is 238 Å². The number of hydrogen-bond donors (Lipinski definition) is 0. The predicted molar refractivity (Wildman–Crippen MR) is 547 cm³/mol. The molecule has 4 unspecified atom stereocenters. The zero-order valence-electron chi connectivity index (χ0n) is 79.2. The van der Waals surface area contributed by atoms with E-state index in [1.807, 2.05) is 65.9 Å². The number of fused-ring (bicyclic) bond motifs is 5. The van der Waals surface area contributed by atoms with Crippen molar-refractivity contribution in [2.24, 2.45) is 32.0 Å². The number of amidine groups is 5. The van der Waals surface area contributed by atoms with E-state index in [1.165, 1.54) is 119 Å². The summed E-state index contributed by atoms with van der Waals surface area (Å²) in [5, 5.41) is 10.9. The van der Waals surface area contributed by atoms with Crippen molar-refractivity contribution in [1.29, 1.82) is 0 Å². The molecule has 5 atom stereocenters. The van der Waals surface area contributed by atoms with Crippen LogP contribution in [0.25, 0.3) is 0 Å². The fourth-order valence-corrected chi connectivity index (χ4v) is 23.1. The first-order valence-corrected chi connectivity index (χ1v) is 53.0. The number of piperazine rings is 1. The van der Waals surface area contributed by atoms with E-state index in [1.54, 1.807) is 81.6 Å². The molecule has 30 nitrogen and oxygen atoms in total. The Morgan fingerprint density at radius 3 is 1.10 bits per heavy atom. The number of imidazole rings is 1. The van der Waals surface area contributed by atoms with Crippen molar-refractivity contribution in [2.45, 2.75) is 123 Å². The minimum atomic E-state index is -2.77. The number of aryl methyl sites for hydroxylation is 2. The molecule has 5 saturated heterocycles. The van der Waals surface area contributed by atoms with E-state index in [4.69, 9.17) is 81.3 Å². The summed E-state index contributed by atoms with van der Waals surface area (Å²) >= 11 is 28.7. The summed E-state index contributed by atoms with van der Waals surface area (Å²) in [4.78, 5) is 135. The first kappa shape index (κ1) is 107. The molecule has 10 aliphatic rings. The number of hydrogen-bond acceptors (Lipinski definition) is 32. The lowest BCUT2D eigenvalue weighted by molar-refractivity contribution is -0.150. The van der Waals surface area contributed by atoms with Gasteiger partial charge < -0.3 is 67.1 Å². The number of methoxy groups -OCH3 is 1. The van der Waals surface area contributed by atoms with E-state index >= 15 is 0 Å². The molecule has 1 amide bonds. The van der Waals surface area contributed by atoms with Crippen LogP contribution < -0.4 is 0 Å². The molecule has 0 saturated carbocycles. The van der Waals surface area contributed by atoms with Crippen molar-refractivity contribution < 1.29 is 92.7 Å². The summed E-state index contributed by atoms with van der Waals surface area (Å²) in [5.74, 6) is -0.741. The largest absolute Gasteiger partial charge is 0.463 e. The van der Waals surface area contributed by atoms with Crippen LogP contribution in [0, 0.1) is 36.0 Å². The predicted octanol–water partition coefficient (Wildman–Crippen LogP) is 21.2. The third kappa shape index (κ3) is 23.4. The fourth-order valence-electron chi connectivity index (χ4n) is 18.2. The first-order chi connectivity index (χ1) is 70.5. The van der Waals surface area contributed by atoms with Gasteiger partial charge in [-0.05, 0) is 163 Å². The molecule has 0 radical (unpaired) electrons. The van der Waals surface area contributed by atoms with Gasteiger partial charge >= 0.3 is 35.9 Å². The number of halogens is 12. The van der Waals surface area contributed by atoms with E-state index in [9.17, 15) is 59.5 Å². The Balaban J connectivity index is 0.000000131. The van der Waals surface area contributed by atoms with Gasteiger partial charge in [0.25, 0.3) is 6.43 Å². The van der Waals surface area contributed by atoms with Gasteiger partial charge in [-0.2, -0.15) is 0 Å². The number of amides is 1. The molecule has 0 spiro atoms. The molecule has 0 aliphatic carbocycles. The molecule has 5 aromatic heterocycles. The quantitative estimate of drug-likeness (QED) is 0.0248. The van der Waals surface area contributed by atoms with Gasteiger partial charge in [0.15, 0.2) is 68.4 Å². The highest BCUT2D eigenvalue weighted by Crippen LogP contribution is 2.50. The third-order valence-corrected chi connectivity index (χ3v) is 30.3. The molecular formula is C100H93Br3Cl2F7N17O13S4. The molecule has 10 aromatic rings. The number of allylic oxidation sites excluding steroid dienone is 4. The van der Waals surface area contributed by atoms with Crippen molar-refractivity contribution in [3.05, 3.63) is 312 Å². The summed E-state index contributed by atoms with van der Waals surface area (Å²) in [6.07, 6.45) is 11.7. The summed E-state index contributed by atoms with van der Waals surface area (Å²) < 4.78 is 133. The highest BCUT2D eigenvalue weighted by molar-refractivity contribution is 9.11. The number of rotatable bonds is 23. The molecule has 764 valence electrons. The average Bonchev–Trinajstić information content (AvgIpc) is 1.55. The number of esters is 5. The Hall–Kier alpha value is -12.0. The van der Waals surface area contributed by atoms with Crippen LogP contribution >= 0.6 is 116 Å². The average molecular weight is 2310 g/mol. The van der Waals surface area contributed by atoms with Gasteiger partial charge in [0, 0.05) is 169 Å². The number of thiazole rings is 4. The summed E-state index contributed by atoms with van der Waals surface area (Å²) in [5.41, 5.74) is 9.73. The number of carbonyl (C=O) groups is 6. The molecule has 15 heterocycles. The van der Waals surface area contributed by atoms with Crippen LogP contribution in [-0.4, -0.2) is 223 Å². The lowest BCUT2D eigenvalue weighted by Crippen LogP contribution is -2.52. The van der Waals surface area contributed by atoms with Crippen molar-refractivity contribution in [3.8, 4) is 0 Å². The second-order valence-electron chi connectivity index (χ2n) is 33.4. The van der Waals surface area contributed by atoms with Crippen LogP contribution in [0.2, 0.25) is 10.0 Å². The zero-order chi connectivity index (χ0) is 103. The van der Waals surface area contributed by atoms with Gasteiger partial charge in [-0.15, -0.1) is 45.3 Å². The number of carbonyl (C=O) groups excluding carboxylic acids is 6. The Morgan fingerprint density at radius 2 is 0.760 bits per heavy atom. The van der Waals surface area contributed by atoms with Gasteiger partial charge in [0.1, 0.15) is 59.3 Å². The second kappa shape index (κ2) is 48.3. The van der Waals surface area contributed by atoms with E-state index in [0.717, 1.165) is 109 Å². The van der Waals surface area contributed by atoms with Crippen LogP contribution in [0.1, 0.15) is 169 Å².